The number of para-hydroxylation sites is 1. The van der Waals surface area contributed by atoms with Crippen LogP contribution in [0.1, 0.15) is 16.7 Å². The largest absolute Gasteiger partial charge is 0.461 e. The van der Waals surface area contributed by atoms with Crippen molar-refractivity contribution in [2.75, 3.05) is 17.6 Å². The molecule has 0 saturated heterocycles. The van der Waals surface area contributed by atoms with E-state index in [0.29, 0.717) is 23.3 Å². The van der Waals surface area contributed by atoms with Crippen molar-refractivity contribution in [3.8, 4) is 11.6 Å². The minimum atomic E-state index is -0.275. The molecular weight excluding hydrogens is 450 g/mol. The van der Waals surface area contributed by atoms with Crippen molar-refractivity contribution in [1.82, 2.24) is 20.1 Å². The van der Waals surface area contributed by atoms with Gasteiger partial charge in [0.2, 0.25) is 17.6 Å². The summed E-state index contributed by atoms with van der Waals surface area (Å²) >= 11 is 1.26. The Hall–Kier alpha value is -3.85. The van der Waals surface area contributed by atoms with Gasteiger partial charge in [0.25, 0.3) is 0 Å². The van der Waals surface area contributed by atoms with Gasteiger partial charge >= 0.3 is 0 Å². The Labute approximate surface area is 201 Å². The molecule has 0 radical (unpaired) electrons. The molecule has 2 amide bonds. The molecule has 0 atom stereocenters. The number of nitrogens with one attached hydrogen (secondary N) is 2. The van der Waals surface area contributed by atoms with Gasteiger partial charge in [-0.05, 0) is 42.7 Å². The summed E-state index contributed by atoms with van der Waals surface area (Å²) in [6, 6.07) is 19.3. The van der Waals surface area contributed by atoms with Gasteiger partial charge < -0.3 is 15.1 Å². The van der Waals surface area contributed by atoms with E-state index >= 15 is 0 Å². The summed E-state index contributed by atoms with van der Waals surface area (Å²) in [4.78, 5) is 24.7. The predicted molar refractivity (Wildman–Crippen MR) is 132 cm³/mol. The summed E-state index contributed by atoms with van der Waals surface area (Å²) < 4.78 is 7.43. The van der Waals surface area contributed by atoms with Crippen LogP contribution in [0.3, 0.4) is 0 Å². The van der Waals surface area contributed by atoms with Crippen molar-refractivity contribution in [2.24, 2.45) is 0 Å². The van der Waals surface area contributed by atoms with E-state index in [4.69, 9.17) is 4.42 Å². The average Bonchev–Trinajstić information content (AvgIpc) is 3.50. The minimum absolute atomic E-state index is 0.0990. The van der Waals surface area contributed by atoms with Crippen LogP contribution in [0, 0.1) is 13.8 Å². The average molecular weight is 476 g/mol. The highest BCUT2D eigenvalue weighted by Gasteiger charge is 2.18. The maximum absolute atomic E-state index is 12.4. The van der Waals surface area contributed by atoms with Crippen LogP contribution in [-0.4, -0.2) is 38.9 Å². The molecule has 0 saturated carbocycles. The Balaban J connectivity index is 1.37. The van der Waals surface area contributed by atoms with Crippen LogP contribution >= 0.6 is 11.8 Å². The number of benzene rings is 2. The Bertz CT molecular complexity index is 1250. The topological polar surface area (TPSA) is 102 Å². The second kappa shape index (κ2) is 10.8. The summed E-state index contributed by atoms with van der Waals surface area (Å²) in [6.07, 6.45) is 1.58. The predicted octanol–water partition coefficient (Wildman–Crippen LogP) is 4.05. The summed E-state index contributed by atoms with van der Waals surface area (Å²) in [6.45, 7) is 4.29. The summed E-state index contributed by atoms with van der Waals surface area (Å²) in [7, 11) is 0. The van der Waals surface area contributed by atoms with E-state index in [2.05, 4.69) is 20.8 Å². The van der Waals surface area contributed by atoms with E-state index in [9.17, 15) is 9.59 Å². The monoisotopic (exact) mass is 475 g/mol. The van der Waals surface area contributed by atoms with E-state index in [1.54, 1.807) is 12.3 Å². The van der Waals surface area contributed by atoms with Crippen LogP contribution in [0.4, 0.5) is 5.69 Å². The molecule has 4 rings (SSSR count). The van der Waals surface area contributed by atoms with Gasteiger partial charge in [0, 0.05) is 5.69 Å². The molecule has 0 aliphatic carbocycles. The van der Waals surface area contributed by atoms with Crippen molar-refractivity contribution in [3.63, 3.8) is 0 Å². The number of thioether (sulfide) groups is 1. The maximum Gasteiger partial charge on any atom is 0.243 e. The molecule has 4 aromatic rings. The van der Waals surface area contributed by atoms with Crippen LogP contribution in [0.5, 0.6) is 0 Å². The lowest BCUT2D eigenvalue weighted by molar-refractivity contribution is -0.122. The Kier molecular flexibility index (Phi) is 7.44. The van der Waals surface area contributed by atoms with E-state index in [0.717, 1.165) is 22.4 Å². The van der Waals surface area contributed by atoms with Crippen molar-refractivity contribution >= 4 is 29.3 Å². The molecule has 174 valence electrons. The van der Waals surface area contributed by atoms with Gasteiger partial charge in [-0.1, -0.05) is 60.3 Å². The highest BCUT2D eigenvalue weighted by Crippen LogP contribution is 2.25. The lowest BCUT2D eigenvalue weighted by Gasteiger charge is -2.12. The highest BCUT2D eigenvalue weighted by atomic mass is 32.2. The molecule has 2 aromatic carbocycles. The lowest BCUT2D eigenvalue weighted by Crippen LogP contribution is -2.34. The molecule has 0 unspecified atom stereocenters. The van der Waals surface area contributed by atoms with E-state index in [1.165, 1.54) is 11.8 Å². The summed E-state index contributed by atoms with van der Waals surface area (Å²) in [5.41, 5.74) is 3.79. The first-order chi connectivity index (χ1) is 16.5. The molecule has 0 fully saturated rings. The lowest BCUT2D eigenvalue weighted by atomic mass is 10.1. The number of hydrogen-bond acceptors (Lipinski definition) is 6. The fourth-order valence-electron chi connectivity index (χ4n) is 3.45. The molecule has 0 bridgehead atoms. The third kappa shape index (κ3) is 5.74. The minimum Gasteiger partial charge on any atom is -0.461 e. The maximum atomic E-state index is 12.4. The number of carbonyl (C=O) groups is 2. The van der Waals surface area contributed by atoms with Crippen LogP contribution in [0.25, 0.3) is 11.6 Å². The molecule has 8 nitrogen and oxygen atoms in total. The zero-order chi connectivity index (χ0) is 23.9. The number of anilines is 1. The van der Waals surface area contributed by atoms with Crippen molar-refractivity contribution < 1.29 is 14.0 Å². The number of hydrogen-bond donors (Lipinski definition) is 2. The van der Waals surface area contributed by atoms with Gasteiger partial charge in [-0.15, -0.1) is 10.2 Å². The first-order valence-electron chi connectivity index (χ1n) is 10.8. The molecule has 2 heterocycles. The zero-order valence-electron chi connectivity index (χ0n) is 18.9. The van der Waals surface area contributed by atoms with Gasteiger partial charge in [-0.25, -0.2) is 0 Å². The molecule has 2 aromatic heterocycles. The zero-order valence-corrected chi connectivity index (χ0v) is 19.8. The molecular formula is C25H25N5O3S. The SMILES string of the molecule is Cc1cccc(C)c1NC(=O)CNC(=O)CSc1nnc(-c2ccco2)n1Cc1ccccc1. The Morgan fingerprint density at radius 1 is 0.941 bits per heavy atom. The number of amides is 2. The summed E-state index contributed by atoms with van der Waals surface area (Å²) in [5.74, 6) is 0.744. The van der Waals surface area contributed by atoms with E-state index in [1.807, 2.05) is 73.0 Å². The van der Waals surface area contributed by atoms with Gasteiger partial charge in [0.1, 0.15) is 0 Å². The molecule has 34 heavy (non-hydrogen) atoms. The van der Waals surface area contributed by atoms with E-state index < -0.39 is 0 Å². The molecule has 0 spiro atoms. The van der Waals surface area contributed by atoms with Crippen LogP contribution in [-0.2, 0) is 16.1 Å². The number of furan rings is 1. The van der Waals surface area contributed by atoms with Crippen LogP contribution in [0.15, 0.2) is 76.5 Å². The first kappa shape index (κ1) is 23.3. The number of nitrogens with zero attached hydrogens (tertiary/aromatic N) is 3. The number of rotatable bonds is 9. The molecule has 9 heteroatoms. The van der Waals surface area contributed by atoms with Gasteiger partial charge in [-0.2, -0.15) is 0 Å². The second-order valence-electron chi connectivity index (χ2n) is 7.74. The Morgan fingerprint density at radius 3 is 2.41 bits per heavy atom. The second-order valence-corrected chi connectivity index (χ2v) is 8.68. The van der Waals surface area contributed by atoms with Gasteiger partial charge in [0.15, 0.2) is 10.9 Å². The van der Waals surface area contributed by atoms with E-state index in [-0.39, 0.29) is 24.1 Å². The number of carbonyl (C=O) groups excluding carboxylic acids is 2. The number of aryl methyl sites for hydroxylation is 2. The summed E-state index contributed by atoms with van der Waals surface area (Å²) in [5, 5.41) is 14.7. The number of aromatic nitrogens is 3. The Morgan fingerprint density at radius 2 is 1.71 bits per heavy atom. The highest BCUT2D eigenvalue weighted by molar-refractivity contribution is 7.99. The smallest absolute Gasteiger partial charge is 0.243 e. The van der Waals surface area contributed by atoms with Crippen molar-refractivity contribution in [2.45, 2.75) is 25.5 Å². The quantitative estimate of drug-likeness (QED) is 0.354. The first-order valence-corrected chi connectivity index (χ1v) is 11.8. The van der Waals surface area contributed by atoms with Gasteiger partial charge in [0.05, 0.1) is 25.1 Å². The normalized spacial score (nSPS) is 10.8. The fraction of sp³-hybridized carbons (Fsp3) is 0.200. The molecule has 2 N–H and O–H groups in total. The molecule has 0 aliphatic heterocycles. The standard InChI is InChI=1S/C25H25N5O3S/c1-17-8-6-9-18(2)23(17)27-21(31)14-26-22(32)16-34-25-29-28-24(20-12-7-13-33-20)30(25)15-19-10-4-3-5-11-19/h3-13H,14-16H2,1-2H3,(H,26,32)(H,27,31). The van der Waals surface area contributed by atoms with Crippen molar-refractivity contribution in [1.29, 1.82) is 0 Å². The third-order valence-electron chi connectivity index (χ3n) is 5.17. The van der Waals surface area contributed by atoms with Crippen LogP contribution < -0.4 is 10.6 Å². The fourth-order valence-corrected chi connectivity index (χ4v) is 4.21. The molecule has 0 aliphatic rings. The van der Waals surface area contributed by atoms with Crippen molar-refractivity contribution in [3.05, 3.63) is 83.6 Å². The van der Waals surface area contributed by atoms with Gasteiger partial charge in [-0.3, -0.25) is 14.2 Å². The van der Waals surface area contributed by atoms with Crippen LogP contribution in [0.2, 0.25) is 0 Å². The third-order valence-corrected chi connectivity index (χ3v) is 6.13.